The molecule has 0 aromatic carbocycles. The minimum atomic E-state index is -0.154. The summed E-state index contributed by atoms with van der Waals surface area (Å²) in [6.07, 6.45) is 2.98. The number of ether oxygens (including phenoxy) is 2. The summed E-state index contributed by atoms with van der Waals surface area (Å²) < 4.78 is 11.1. The van der Waals surface area contributed by atoms with Gasteiger partial charge in [0, 0.05) is 46.3 Å². The summed E-state index contributed by atoms with van der Waals surface area (Å²) in [5, 5.41) is 6.67. The molecule has 0 unspecified atom stereocenters. The molecule has 0 aromatic heterocycles. The van der Waals surface area contributed by atoms with Gasteiger partial charge in [-0.3, -0.25) is 4.99 Å². The maximum atomic E-state index is 5.71. The monoisotopic (exact) mass is 413 g/mol. The van der Waals surface area contributed by atoms with Crippen molar-refractivity contribution in [1.82, 2.24) is 10.6 Å². The highest BCUT2D eigenvalue weighted by Crippen LogP contribution is 2.24. The van der Waals surface area contributed by atoms with Gasteiger partial charge in [-0.15, -0.1) is 24.0 Å². The molecule has 0 aliphatic carbocycles. The summed E-state index contributed by atoms with van der Waals surface area (Å²) in [5.74, 6) is 1.59. The lowest BCUT2D eigenvalue weighted by atomic mass is 9.94. The largest absolute Gasteiger partial charge is 0.381 e. The fourth-order valence-corrected chi connectivity index (χ4v) is 2.21. The van der Waals surface area contributed by atoms with Crippen LogP contribution in [0.25, 0.3) is 0 Å². The number of nitrogens with zero attached hydrogens (tertiary/aromatic N) is 1. The molecule has 1 saturated heterocycles. The first-order chi connectivity index (χ1) is 9.62. The molecule has 0 saturated carbocycles. The van der Waals surface area contributed by atoms with Gasteiger partial charge in [0.2, 0.25) is 0 Å². The third-order valence-electron chi connectivity index (χ3n) is 3.72. The van der Waals surface area contributed by atoms with Crippen LogP contribution >= 0.6 is 24.0 Å². The molecule has 1 aliphatic rings. The fraction of sp³-hybridized carbons (Fsp3) is 0.933. The summed E-state index contributed by atoms with van der Waals surface area (Å²) in [5.41, 5.74) is -0.154. The Hall–Kier alpha value is -0.0800. The summed E-state index contributed by atoms with van der Waals surface area (Å²) in [7, 11) is 1.78. The van der Waals surface area contributed by atoms with Crippen LogP contribution in [0.5, 0.6) is 0 Å². The normalized spacial score (nSPS) is 18.2. The molecule has 1 rings (SSSR count). The third kappa shape index (κ3) is 8.21. The number of halogens is 1. The Kier molecular flexibility index (Phi) is 11.4. The van der Waals surface area contributed by atoms with Gasteiger partial charge in [-0.2, -0.15) is 0 Å². The zero-order valence-electron chi connectivity index (χ0n) is 13.9. The van der Waals surface area contributed by atoms with Gasteiger partial charge in [0.05, 0.1) is 12.1 Å². The van der Waals surface area contributed by atoms with Crippen LogP contribution in [0.15, 0.2) is 4.99 Å². The van der Waals surface area contributed by atoms with Crippen molar-refractivity contribution in [2.24, 2.45) is 10.9 Å². The van der Waals surface area contributed by atoms with E-state index in [1.165, 1.54) is 0 Å². The van der Waals surface area contributed by atoms with Crippen LogP contribution in [0.4, 0.5) is 0 Å². The molecule has 2 N–H and O–H groups in total. The fourth-order valence-electron chi connectivity index (χ4n) is 2.21. The minimum absolute atomic E-state index is 0. The average Bonchev–Trinajstić information content (AvgIpc) is 2.45. The maximum Gasteiger partial charge on any atom is 0.191 e. The van der Waals surface area contributed by atoms with Crippen LogP contribution in [-0.4, -0.2) is 51.5 Å². The van der Waals surface area contributed by atoms with Gasteiger partial charge in [-0.1, -0.05) is 13.8 Å². The standard InChI is InChI=1S/C15H31N3O2.HI/c1-5-16-14(17-9-6-13(2)3)18-12-15(19-4)7-10-20-11-8-15;/h13H,5-12H2,1-4H3,(H2,16,17,18);1H. The number of nitrogens with one attached hydrogen (secondary N) is 2. The van der Waals surface area contributed by atoms with E-state index < -0.39 is 0 Å². The molecule has 1 aliphatic heterocycles. The Morgan fingerprint density at radius 1 is 1.29 bits per heavy atom. The zero-order valence-corrected chi connectivity index (χ0v) is 16.2. The van der Waals surface area contributed by atoms with Gasteiger partial charge < -0.3 is 20.1 Å². The summed E-state index contributed by atoms with van der Waals surface area (Å²) >= 11 is 0. The van der Waals surface area contributed by atoms with Crippen LogP contribution in [0.1, 0.15) is 40.0 Å². The Balaban J connectivity index is 0.00000400. The minimum Gasteiger partial charge on any atom is -0.381 e. The molecule has 126 valence electrons. The van der Waals surface area contributed by atoms with Gasteiger partial charge in [0.1, 0.15) is 0 Å². The number of hydrogen-bond donors (Lipinski definition) is 2. The smallest absolute Gasteiger partial charge is 0.191 e. The molecular weight excluding hydrogens is 381 g/mol. The number of hydrogen-bond acceptors (Lipinski definition) is 3. The highest BCUT2D eigenvalue weighted by Gasteiger charge is 2.32. The summed E-state index contributed by atoms with van der Waals surface area (Å²) in [6.45, 7) is 10.6. The molecule has 1 fully saturated rings. The van der Waals surface area contributed by atoms with Crippen LogP contribution in [0.2, 0.25) is 0 Å². The lowest BCUT2D eigenvalue weighted by Gasteiger charge is -2.34. The van der Waals surface area contributed by atoms with E-state index in [0.717, 1.165) is 51.5 Å². The van der Waals surface area contributed by atoms with E-state index in [2.05, 4.69) is 31.4 Å². The number of rotatable bonds is 7. The molecule has 21 heavy (non-hydrogen) atoms. The predicted molar refractivity (Wildman–Crippen MR) is 98.6 cm³/mol. The lowest BCUT2D eigenvalue weighted by molar-refractivity contribution is -0.0828. The topological polar surface area (TPSA) is 54.9 Å². The van der Waals surface area contributed by atoms with E-state index in [-0.39, 0.29) is 29.6 Å². The molecule has 0 bridgehead atoms. The van der Waals surface area contributed by atoms with Crippen molar-refractivity contribution in [2.75, 3.05) is 40.0 Å². The third-order valence-corrected chi connectivity index (χ3v) is 3.72. The second-order valence-electron chi connectivity index (χ2n) is 5.80. The van der Waals surface area contributed by atoms with Crippen molar-refractivity contribution in [3.63, 3.8) is 0 Å². The molecule has 1 heterocycles. The van der Waals surface area contributed by atoms with Crippen molar-refractivity contribution >= 4 is 29.9 Å². The Bertz CT molecular complexity index is 293. The van der Waals surface area contributed by atoms with Crippen LogP contribution < -0.4 is 10.6 Å². The van der Waals surface area contributed by atoms with Crippen molar-refractivity contribution in [2.45, 2.75) is 45.6 Å². The zero-order chi connectivity index (χ0) is 14.8. The number of guanidine groups is 1. The van der Waals surface area contributed by atoms with Gasteiger partial charge in [0.25, 0.3) is 0 Å². The van der Waals surface area contributed by atoms with Crippen LogP contribution in [-0.2, 0) is 9.47 Å². The van der Waals surface area contributed by atoms with E-state index >= 15 is 0 Å². The molecule has 6 heteroatoms. The second kappa shape index (κ2) is 11.5. The van der Waals surface area contributed by atoms with Gasteiger partial charge >= 0.3 is 0 Å². The average molecular weight is 413 g/mol. The Morgan fingerprint density at radius 2 is 1.95 bits per heavy atom. The van der Waals surface area contributed by atoms with Crippen molar-refractivity contribution in [3.05, 3.63) is 0 Å². The Labute approximate surface area is 146 Å². The lowest BCUT2D eigenvalue weighted by Crippen LogP contribution is -2.44. The van der Waals surface area contributed by atoms with E-state index in [1.807, 2.05) is 0 Å². The van der Waals surface area contributed by atoms with E-state index in [9.17, 15) is 0 Å². The molecule has 0 aromatic rings. The number of methoxy groups -OCH3 is 1. The van der Waals surface area contributed by atoms with Crippen LogP contribution in [0, 0.1) is 5.92 Å². The number of aliphatic imine (C=N–C) groups is 1. The highest BCUT2D eigenvalue weighted by atomic mass is 127. The quantitative estimate of drug-likeness (QED) is 0.383. The molecule has 0 amide bonds. The Morgan fingerprint density at radius 3 is 2.48 bits per heavy atom. The van der Waals surface area contributed by atoms with E-state index in [4.69, 9.17) is 14.5 Å². The van der Waals surface area contributed by atoms with Crippen molar-refractivity contribution in [3.8, 4) is 0 Å². The molecule has 0 radical (unpaired) electrons. The second-order valence-corrected chi connectivity index (χ2v) is 5.80. The first kappa shape index (κ1) is 20.9. The van der Waals surface area contributed by atoms with Gasteiger partial charge in [-0.25, -0.2) is 0 Å². The molecule has 0 spiro atoms. The first-order valence-corrected chi connectivity index (χ1v) is 7.77. The maximum absolute atomic E-state index is 5.71. The summed E-state index contributed by atoms with van der Waals surface area (Å²) in [6, 6.07) is 0. The highest BCUT2D eigenvalue weighted by molar-refractivity contribution is 14.0. The SMILES string of the molecule is CCNC(=NCC1(OC)CCOCC1)NCCC(C)C.I. The molecular formula is C15H32IN3O2. The van der Waals surface area contributed by atoms with Crippen LogP contribution in [0.3, 0.4) is 0 Å². The van der Waals surface area contributed by atoms with Crippen molar-refractivity contribution in [1.29, 1.82) is 0 Å². The predicted octanol–water partition coefficient (Wildman–Crippen LogP) is 2.40. The first-order valence-electron chi connectivity index (χ1n) is 7.77. The summed E-state index contributed by atoms with van der Waals surface area (Å²) in [4.78, 5) is 4.69. The van der Waals surface area contributed by atoms with E-state index in [0.29, 0.717) is 12.5 Å². The van der Waals surface area contributed by atoms with E-state index in [1.54, 1.807) is 7.11 Å². The van der Waals surface area contributed by atoms with Crippen molar-refractivity contribution < 1.29 is 9.47 Å². The van der Waals surface area contributed by atoms with Gasteiger partial charge in [-0.05, 0) is 19.3 Å². The van der Waals surface area contributed by atoms with Gasteiger partial charge in [0.15, 0.2) is 5.96 Å². The molecule has 0 atom stereocenters. The molecule has 5 nitrogen and oxygen atoms in total.